The molecule has 0 aliphatic carbocycles. The van der Waals surface area contributed by atoms with E-state index in [1.807, 2.05) is 0 Å². The predicted molar refractivity (Wildman–Crippen MR) is 284 cm³/mol. The Balaban J connectivity index is 0.000000470. The Morgan fingerprint density at radius 3 is 0.818 bits per heavy atom. The molecule has 9 unspecified atom stereocenters. The molecule has 8 aliphatic rings. The van der Waals surface area contributed by atoms with Crippen molar-refractivity contribution in [3.63, 3.8) is 0 Å². The standard InChI is InChI=1S/C7H49N35P12.H12N9P3/c8-43-2-1-20-52-26-4-22-48(16)34-45(11,12)35-49(17,38-48)24-6-29-54(41-52)30-7-25-51(19)37-46(13,14)36-50(18,39-51)23-5-28-53(40-52,42-54)27-3-21-47(15,32-43)33-44(9,10)31-43;1-10(2)7-11(3,4)9-12(5,6)8-10/h20-30H,1-19H2;1-6H2. The van der Waals surface area contributed by atoms with Gasteiger partial charge in [-0.2, -0.15) is 67.7 Å². The Morgan fingerprint density at radius 1 is 0.227 bits per heavy atom. The van der Waals surface area contributed by atoms with Crippen molar-refractivity contribution in [2.45, 2.75) is 0 Å². The first-order chi connectivity index (χ1) is 29.8. The van der Waals surface area contributed by atoms with E-state index < -0.39 is 112 Å². The third kappa shape index (κ3) is 14.4. The van der Waals surface area contributed by atoms with Crippen molar-refractivity contribution < 1.29 is 0 Å². The minimum atomic E-state index is -3.39. The van der Waals surface area contributed by atoms with Crippen molar-refractivity contribution in [1.82, 2.24) is 56.0 Å². The number of hydrogen-bond acceptors (Lipinski definition) is 44. The molecule has 8 aliphatic heterocycles. The van der Waals surface area contributed by atoms with Gasteiger partial charge in [0, 0.05) is 12.7 Å². The molecule has 8 rings (SSSR count). The van der Waals surface area contributed by atoms with Crippen LogP contribution in [0.25, 0.3) is 0 Å². The maximum Gasteiger partial charge on any atom is 0.218 e. The van der Waals surface area contributed by atoms with Gasteiger partial charge in [0.25, 0.3) is 0 Å². The molecule has 47 N–H and O–H groups in total. The highest BCUT2D eigenvalue weighted by Crippen LogP contribution is 2.74. The van der Waals surface area contributed by atoms with Crippen LogP contribution in [0, 0.1) is 0 Å². The second-order valence-corrected chi connectivity index (χ2v) is 49.2. The number of nitrogens with two attached hydrogens (primary N) is 18. The third-order valence-corrected chi connectivity index (χ3v) is 49.0. The van der Waals surface area contributed by atoms with E-state index in [1.54, 1.807) is 0 Å². The van der Waals surface area contributed by atoms with Gasteiger partial charge in [-0.15, -0.1) is 0 Å². The molecular formula is C7H61N44P15. The van der Waals surface area contributed by atoms with E-state index in [4.69, 9.17) is 117 Å². The molecule has 0 aromatic heterocycles. The van der Waals surface area contributed by atoms with Crippen LogP contribution in [0.3, 0.4) is 0 Å². The molecule has 384 valence electrons. The molecule has 0 fully saturated rings. The zero-order valence-corrected chi connectivity index (χ0v) is 47.7. The van der Waals surface area contributed by atoms with Crippen LogP contribution in [0.2, 0.25) is 0 Å². The van der Waals surface area contributed by atoms with Crippen LogP contribution in [0.4, 0.5) is 0 Å². The van der Waals surface area contributed by atoms with Gasteiger partial charge >= 0.3 is 0 Å². The minimum Gasteiger partial charge on any atom is -0.279 e. The summed E-state index contributed by atoms with van der Waals surface area (Å²) in [5.41, 5.74) is 111. The van der Waals surface area contributed by atoms with Gasteiger partial charge in [0.15, 0.2) is 0 Å². The van der Waals surface area contributed by atoms with Crippen LogP contribution in [0.5, 0.6) is 0 Å². The third-order valence-electron chi connectivity index (χ3n) is 8.00. The number of fused-ring (bicyclic) bond motifs is 3. The van der Waals surface area contributed by atoms with Crippen molar-refractivity contribution in [2.24, 2.45) is 167 Å². The van der Waals surface area contributed by atoms with Crippen LogP contribution in [-0.4, -0.2) is 46.1 Å². The van der Waals surface area contributed by atoms with Gasteiger partial charge in [0.05, 0.1) is 33.3 Å². The van der Waals surface area contributed by atoms with E-state index in [2.05, 4.69) is 106 Å². The van der Waals surface area contributed by atoms with Gasteiger partial charge in [0.2, 0.25) is 105 Å². The Hall–Kier alpha value is 2.29. The lowest BCUT2D eigenvalue weighted by Gasteiger charge is -2.40. The largest absolute Gasteiger partial charge is 0.279 e. The normalized spacial score (nSPS) is 45.9. The molecular weight excluding hydrogens is 1160 g/mol. The molecule has 0 radical (unpaired) electrons. The lowest BCUT2D eigenvalue weighted by molar-refractivity contribution is 0.799. The van der Waals surface area contributed by atoms with Crippen molar-refractivity contribution in [1.29, 1.82) is 0 Å². The molecule has 9 bridgehead atoms. The van der Waals surface area contributed by atoms with E-state index in [-0.39, 0.29) is 46.1 Å². The van der Waals surface area contributed by atoms with Crippen LogP contribution >= 0.6 is 112 Å². The Bertz CT molecular complexity index is 2540. The molecule has 3 spiro atoms. The average Bonchev–Trinajstić information content (AvgIpc) is 3.01. The first-order valence-corrected chi connectivity index (χ1v) is 44.7. The fourth-order valence-corrected chi connectivity index (χ4v) is 50.4. The summed E-state index contributed by atoms with van der Waals surface area (Å²) in [7, 11) is -47.8. The second kappa shape index (κ2) is 18.8. The minimum absolute atomic E-state index is 0.0572. The first kappa shape index (κ1) is 56.0. The summed E-state index contributed by atoms with van der Waals surface area (Å²) in [6.07, 6.45) is 0.184. The summed E-state index contributed by atoms with van der Waals surface area (Å²) < 4.78 is 67.6. The number of hydrogen-bond donors (Lipinski definition) is 29. The van der Waals surface area contributed by atoms with Gasteiger partial charge in [-0.25, -0.2) is 50.9 Å². The summed E-state index contributed by atoms with van der Waals surface area (Å²) in [6.45, 7) is -0.157. The molecule has 44 nitrogen and oxygen atoms in total. The summed E-state index contributed by atoms with van der Waals surface area (Å²) >= 11 is 0. The highest BCUT2D eigenvalue weighted by molar-refractivity contribution is 7.87. The van der Waals surface area contributed by atoms with E-state index >= 15 is 0 Å². The van der Waals surface area contributed by atoms with E-state index in [0.29, 0.717) is 0 Å². The zero-order chi connectivity index (χ0) is 48.8. The number of rotatable bonds is 0. The summed E-state index contributed by atoms with van der Waals surface area (Å²) in [5.74, 6) is 0. The van der Waals surface area contributed by atoms with E-state index in [0.717, 1.165) is 0 Å². The van der Waals surface area contributed by atoms with Crippen LogP contribution < -0.4 is 155 Å². The van der Waals surface area contributed by atoms with Crippen LogP contribution in [0.1, 0.15) is 0 Å². The maximum atomic E-state index is 6.79. The number of nitrogens with one attached hydrogen (secondary N) is 11. The van der Waals surface area contributed by atoms with Crippen LogP contribution in [-0.2, 0) is 0 Å². The fraction of sp³-hybridized carbons (Fsp3) is 1.00. The smallest absolute Gasteiger partial charge is 0.218 e. The Labute approximate surface area is 379 Å². The number of nitrogens with zero attached hydrogens (tertiary/aromatic N) is 15. The lowest BCUT2D eigenvalue weighted by Crippen LogP contribution is -2.41. The molecule has 0 saturated carbocycles. The van der Waals surface area contributed by atoms with Gasteiger partial charge < -0.3 is 0 Å². The van der Waals surface area contributed by atoms with Crippen molar-refractivity contribution in [3.05, 3.63) is 0 Å². The first-order valence-electron chi connectivity index (χ1n) is 17.8. The summed E-state index contributed by atoms with van der Waals surface area (Å²) in [4.78, 5) is 0. The van der Waals surface area contributed by atoms with Crippen molar-refractivity contribution >= 4 is 112 Å². The fourth-order valence-electron chi connectivity index (χ4n) is 6.14. The van der Waals surface area contributed by atoms with Crippen molar-refractivity contribution in [2.75, 3.05) is 46.1 Å². The second-order valence-electron chi connectivity index (χ2n) is 14.5. The molecule has 59 heteroatoms. The highest BCUT2D eigenvalue weighted by atomic mass is 31.3. The average molecular weight is 1230 g/mol. The van der Waals surface area contributed by atoms with Gasteiger partial charge in [-0.05, 0) is 0 Å². The zero-order valence-electron chi connectivity index (χ0n) is 34.3. The quantitative estimate of drug-likeness (QED) is 0.141. The Morgan fingerprint density at radius 2 is 0.485 bits per heavy atom. The van der Waals surface area contributed by atoms with E-state index in [1.165, 1.54) is 0 Å². The SMILES string of the molecule is NP1(N)=NP(N)(N)=NP(N)(N)=N1.NP1(N)=NP2(N)=NP(N)(=N1)NCNP13=NP4(=NP(=N1)(NCNP1(N)=NP(N)(N)=NP(N)(=N1)NCN3)NCNP1(N)=NP(N)(=NP(N)(N)=N1)NCN4)NCC2. The Kier molecular flexibility index (Phi) is 16.0. The van der Waals surface area contributed by atoms with Gasteiger partial charge in [0.1, 0.15) is 7.36 Å². The van der Waals surface area contributed by atoms with E-state index in [9.17, 15) is 0 Å². The monoisotopic (exact) mass is 1230 g/mol. The molecule has 0 saturated heterocycles. The topological polar surface area (TPSA) is 786 Å². The molecule has 9 atom stereocenters. The molecule has 66 heavy (non-hydrogen) atoms. The highest BCUT2D eigenvalue weighted by Gasteiger charge is 2.42. The van der Waals surface area contributed by atoms with Crippen LogP contribution in [0.15, 0.2) is 67.7 Å². The summed E-state index contributed by atoms with van der Waals surface area (Å²) in [5, 5.41) is 36.4. The van der Waals surface area contributed by atoms with Gasteiger partial charge in [-0.1, -0.05) is 0 Å². The summed E-state index contributed by atoms with van der Waals surface area (Å²) in [6, 6.07) is 0. The molecule has 0 aromatic rings. The van der Waals surface area contributed by atoms with Gasteiger partial charge in [-0.3, -0.25) is 104 Å². The maximum absolute atomic E-state index is 6.79. The molecule has 0 amide bonds. The molecule has 8 heterocycles. The predicted octanol–water partition coefficient (Wildman–Crippen LogP) is -0.111. The lowest BCUT2D eigenvalue weighted by atomic mass is 10.8. The molecule has 0 aromatic carbocycles. The van der Waals surface area contributed by atoms with Crippen molar-refractivity contribution in [3.8, 4) is 0 Å².